The molecule has 2 amide bonds. The number of benzene rings is 2. The van der Waals surface area contributed by atoms with Crippen LogP contribution in [0.15, 0.2) is 59.8 Å². The monoisotopic (exact) mass is 412 g/mol. The lowest BCUT2D eigenvalue weighted by atomic mass is 9.91. The molecule has 0 aromatic heterocycles. The second-order valence-corrected chi connectivity index (χ2v) is 8.17. The maximum Gasteiger partial charge on any atom is 0.417 e. The Hall–Kier alpha value is -2.86. The number of rotatable bonds is 4. The van der Waals surface area contributed by atoms with Gasteiger partial charge in [-0.2, -0.15) is 0 Å². The Bertz CT molecular complexity index is 974. The topological polar surface area (TPSA) is 68.2 Å². The number of cyclic esters (lactones) is 1. The van der Waals surface area contributed by atoms with Crippen LogP contribution in [0.4, 0.5) is 4.79 Å². The highest BCUT2D eigenvalue weighted by Gasteiger charge is 2.52. The predicted molar refractivity (Wildman–Crippen MR) is 109 cm³/mol. The number of amides is 2. The molecular formula is C22H21ClN2O4. The van der Waals surface area contributed by atoms with Gasteiger partial charge in [0.25, 0.3) is 5.91 Å². The highest BCUT2D eigenvalue weighted by Crippen LogP contribution is 2.33. The minimum Gasteiger partial charge on any atom is -0.441 e. The molecule has 0 radical (unpaired) electrons. The van der Waals surface area contributed by atoms with Gasteiger partial charge in [0.15, 0.2) is 0 Å². The van der Waals surface area contributed by atoms with Gasteiger partial charge in [0.05, 0.1) is 11.8 Å². The average Bonchev–Trinajstić information content (AvgIpc) is 3.25. The van der Waals surface area contributed by atoms with Crippen molar-refractivity contribution in [2.75, 3.05) is 0 Å². The molecule has 150 valence electrons. The Kier molecular flexibility index (Phi) is 5.04. The fourth-order valence-electron chi connectivity index (χ4n) is 3.70. The second kappa shape index (κ2) is 7.52. The van der Waals surface area contributed by atoms with E-state index < -0.39 is 29.7 Å². The minimum atomic E-state index is -0.872. The number of carbonyl (C=O) groups is 2. The lowest BCUT2D eigenvalue weighted by Gasteiger charge is -2.28. The van der Waals surface area contributed by atoms with Crippen molar-refractivity contribution in [2.24, 2.45) is 5.16 Å². The number of halogens is 1. The molecule has 2 aromatic carbocycles. The zero-order valence-electron chi connectivity index (χ0n) is 16.2. The zero-order valence-corrected chi connectivity index (χ0v) is 16.9. The molecule has 0 unspecified atom stereocenters. The standard InChI is InChI=1S/C22H21ClN2O4/c1-22(2)19(11-14-7-4-3-5-8-14)25(21(27)28-22)20(26)18-13-17(24-29-18)15-9-6-10-16(23)12-15/h3-10,12,18-19H,11,13H2,1-2H3/t18-,19-/m0/s1. The smallest absolute Gasteiger partial charge is 0.417 e. The third-order valence-corrected chi connectivity index (χ3v) is 5.51. The summed E-state index contributed by atoms with van der Waals surface area (Å²) in [5.41, 5.74) is 1.62. The van der Waals surface area contributed by atoms with E-state index in [-0.39, 0.29) is 6.42 Å². The van der Waals surface area contributed by atoms with Crippen molar-refractivity contribution in [2.45, 2.75) is 44.4 Å². The van der Waals surface area contributed by atoms with Gasteiger partial charge in [0.1, 0.15) is 5.60 Å². The largest absolute Gasteiger partial charge is 0.441 e. The van der Waals surface area contributed by atoms with E-state index >= 15 is 0 Å². The van der Waals surface area contributed by atoms with Crippen molar-refractivity contribution in [3.8, 4) is 0 Å². The van der Waals surface area contributed by atoms with Crippen LogP contribution in [0.5, 0.6) is 0 Å². The first kappa shape index (κ1) is 19.5. The van der Waals surface area contributed by atoms with E-state index in [1.165, 1.54) is 4.90 Å². The van der Waals surface area contributed by atoms with E-state index in [2.05, 4.69) is 5.16 Å². The summed E-state index contributed by atoms with van der Waals surface area (Å²) in [6.45, 7) is 3.63. The Morgan fingerprint density at radius 1 is 1.21 bits per heavy atom. The molecule has 4 rings (SSSR count). The molecule has 1 fully saturated rings. The molecule has 0 saturated carbocycles. The highest BCUT2D eigenvalue weighted by molar-refractivity contribution is 6.31. The van der Waals surface area contributed by atoms with Crippen LogP contribution in [0, 0.1) is 0 Å². The van der Waals surface area contributed by atoms with Crippen molar-refractivity contribution in [3.63, 3.8) is 0 Å². The van der Waals surface area contributed by atoms with Crippen molar-refractivity contribution in [1.29, 1.82) is 0 Å². The van der Waals surface area contributed by atoms with Gasteiger partial charge in [-0.25, -0.2) is 9.69 Å². The molecule has 7 heteroatoms. The lowest BCUT2D eigenvalue weighted by Crippen LogP contribution is -2.49. The molecule has 29 heavy (non-hydrogen) atoms. The Morgan fingerprint density at radius 2 is 1.97 bits per heavy atom. The van der Waals surface area contributed by atoms with Gasteiger partial charge < -0.3 is 9.57 Å². The summed E-state index contributed by atoms with van der Waals surface area (Å²) in [4.78, 5) is 32.3. The van der Waals surface area contributed by atoms with Crippen LogP contribution in [0.25, 0.3) is 0 Å². The Balaban J connectivity index is 1.53. The summed E-state index contributed by atoms with van der Waals surface area (Å²) in [7, 11) is 0. The average molecular weight is 413 g/mol. The SMILES string of the molecule is CC1(C)OC(=O)N(C(=O)[C@@H]2CC(c3cccc(Cl)c3)=NO2)[C@H]1Cc1ccccc1. The summed E-state index contributed by atoms with van der Waals surface area (Å²) < 4.78 is 5.51. The molecule has 6 nitrogen and oxygen atoms in total. The molecule has 2 aliphatic heterocycles. The summed E-state index contributed by atoms with van der Waals surface area (Å²) in [5, 5.41) is 4.63. The molecule has 1 saturated heterocycles. The minimum absolute atomic E-state index is 0.265. The van der Waals surface area contributed by atoms with Gasteiger partial charge in [-0.1, -0.05) is 59.2 Å². The van der Waals surface area contributed by atoms with Gasteiger partial charge in [0, 0.05) is 17.0 Å². The number of oxime groups is 1. The van der Waals surface area contributed by atoms with E-state index in [9.17, 15) is 9.59 Å². The summed E-state index contributed by atoms with van der Waals surface area (Å²) in [6, 6.07) is 16.5. The van der Waals surface area contributed by atoms with Crippen LogP contribution in [-0.2, 0) is 20.8 Å². The van der Waals surface area contributed by atoms with Gasteiger partial charge in [-0.05, 0) is 38.0 Å². The number of hydrogen-bond donors (Lipinski definition) is 0. The van der Waals surface area contributed by atoms with Crippen LogP contribution in [-0.4, -0.2) is 40.4 Å². The van der Waals surface area contributed by atoms with Crippen molar-refractivity contribution in [1.82, 2.24) is 4.90 Å². The first-order chi connectivity index (χ1) is 13.8. The maximum atomic E-state index is 13.2. The molecule has 2 heterocycles. The molecule has 2 atom stereocenters. The molecule has 0 bridgehead atoms. The highest BCUT2D eigenvalue weighted by atomic mass is 35.5. The summed E-state index contributed by atoms with van der Waals surface area (Å²) in [6.07, 6.45) is -0.758. The number of carbonyl (C=O) groups excluding carboxylic acids is 2. The van der Waals surface area contributed by atoms with Crippen LogP contribution < -0.4 is 0 Å². The normalized spacial score (nSPS) is 22.8. The second-order valence-electron chi connectivity index (χ2n) is 7.73. The van der Waals surface area contributed by atoms with Crippen LogP contribution in [0.2, 0.25) is 5.02 Å². The quantitative estimate of drug-likeness (QED) is 0.754. The summed E-state index contributed by atoms with van der Waals surface area (Å²) in [5.74, 6) is -0.442. The fourth-order valence-corrected chi connectivity index (χ4v) is 3.89. The fraction of sp³-hybridized carbons (Fsp3) is 0.318. The molecule has 0 aliphatic carbocycles. The van der Waals surface area contributed by atoms with Crippen molar-refractivity contribution >= 4 is 29.3 Å². The van der Waals surface area contributed by atoms with E-state index in [1.807, 2.05) is 56.3 Å². The zero-order chi connectivity index (χ0) is 20.6. The molecule has 2 aromatic rings. The van der Waals surface area contributed by atoms with Gasteiger partial charge >= 0.3 is 6.09 Å². The Morgan fingerprint density at radius 3 is 2.69 bits per heavy atom. The maximum absolute atomic E-state index is 13.2. The number of ether oxygens (including phenoxy) is 1. The first-order valence-electron chi connectivity index (χ1n) is 9.44. The molecule has 0 spiro atoms. The van der Waals surface area contributed by atoms with E-state index in [0.29, 0.717) is 17.2 Å². The predicted octanol–water partition coefficient (Wildman–Crippen LogP) is 4.20. The summed E-state index contributed by atoms with van der Waals surface area (Å²) >= 11 is 6.04. The van der Waals surface area contributed by atoms with Crippen molar-refractivity contribution in [3.05, 3.63) is 70.7 Å². The first-order valence-corrected chi connectivity index (χ1v) is 9.81. The molecule has 0 N–H and O–H groups in total. The third-order valence-electron chi connectivity index (χ3n) is 5.27. The van der Waals surface area contributed by atoms with Gasteiger partial charge in [0.2, 0.25) is 6.10 Å². The van der Waals surface area contributed by atoms with Gasteiger partial charge in [-0.3, -0.25) is 4.79 Å². The number of hydrogen-bond acceptors (Lipinski definition) is 5. The van der Waals surface area contributed by atoms with E-state index in [1.54, 1.807) is 12.1 Å². The van der Waals surface area contributed by atoms with Crippen LogP contribution in [0.3, 0.4) is 0 Å². The Labute approximate surface area is 174 Å². The van der Waals surface area contributed by atoms with Crippen LogP contribution >= 0.6 is 11.6 Å². The van der Waals surface area contributed by atoms with E-state index in [4.69, 9.17) is 21.2 Å². The number of nitrogens with zero attached hydrogens (tertiary/aromatic N) is 2. The van der Waals surface area contributed by atoms with E-state index in [0.717, 1.165) is 11.1 Å². The van der Waals surface area contributed by atoms with Crippen LogP contribution in [0.1, 0.15) is 31.4 Å². The molecular weight excluding hydrogens is 392 g/mol. The molecule has 2 aliphatic rings. The lowest BCUT2D eigenvalue weighted by molar-refractivity contribution is -0.140. The van der Waals surface area contributed by atoms with Gasteiger partial charge in [-0.15, -0.1) is 0 Å². The third kappa shape index (κ3) is 3.85. The number of imide groups is 1. The van der Waals surface area contributed by atoms with Crippen molar-refractivity contribution < 1.29 is 19.2 Å².